The number of Topliss-reactive ketones (excluding diaryl/α,β-unsaturated/α-hetero) is 1. The highest BCUT2D eigenvalue weighted by molar-refractivity contribution is 6.14. The lowest BCUT2D eigenvalue weighted by molar-refractivity contribution is 0.0429. The molecule has 0 aliphatic rings. The van der Waals surface area contributed by atoms with E-state index in [4.69, 9.17) is 14.5 Å². The average Bonchev–Trinajstić information content (AvgIpc) is 3.40. The molecule has 12 heteroatoms. The molecule has 254 valence electrons. The first kappa shape index (κ1) is 34.7. The van der Waals surface area contributed by atoms with Crippen molar-refractivity contribution in [3.63, 3.8) is 0 Å². The molecule has 0 saturated heterocycles. The lowest BCUT2D eigenvalue weighted by atomic mass is 10.00. The number of nitrogens with one attached hydrogen (secondary N) is 1. The number of benzene rings is 3. The summed E-state index contributed by atoms with van der Waals surface area (Å²) in [6.45, 7) is 11.6. The van der Waals surface area contributed by atoms with Gasteiger partial charge in [0.1, 0.15) is 23.1 Å². The number of ketones is 1. The molecule has 2 aromatic heterocycles. The number of amides is 2. The molecule has 0 bridgehead atoms. The molecule has 11 nitrogen and oxygen atoms in total. The fraction of sp³-hybridized carbons (Fsp3) is 0.297. The van der Waals surface area contributed by atoms with Gasteiger partial charge in [0.05, 0.1) is 0 Å². The molecule has 0 radical (unpaired) electrons. The first-order valence-electron chi connectivity index (χ1n) is 15.7. The van der Waals surface area contributed by atoms with E-state index in [2.05, 4.69) is 15.4 Å². The molecule has 5 rings (SSSR count). The molecule has 2 amide bonds. The number of pyridine rings is 1. The van der Waals surface area contributed by atoms with Crippen molar-refractivity contribution in [1.82, 2.24) is 19.7 Å². The summed E-state index contributed by atoms with van der Waals surface area (Å²) >= 11 is 0. The van der Waals surface area contributed by atoms with Gasteiger partial charge in [0.2, 0.25) is 0 Å². The molecular formula is C37H39FN6O5. The molecule has 3 aromatic carbocycles. The van der Waals surface area contributed by atoms with Crippen molar-refractivity contribution in [3.05, 3.63) is 102 Å². The van der Waals surface area contributed by atoms with Gasteiger partial charge in [0.15, 0.2) is 23.2 Å². The minimum absolute atomic E-state index is 0.0186. The van der Waals surface area contributed by atoms with Crippen molar-refractivity contribution in [3.8, 4) is 11.4 Å². The standard InChI is InChI=1S/C37H39FN6O5/c1-22(45)24-14-17-29(38)28(21-24)30(33-41-31(42-43(33)8)23-12-10-9-11-13-23)40-26-15-16-27-25(20-26)18-19-39-32(27)44(34(46)48-36(2,3)4)35(47)49-37(5,6)7/h9-21,30,40H,1-8H3. The maximum Gasteiger partial charge on any atom is 0.425 e. The van der Waals surface area contributed by atoms with Crippen LogP contribution in [-0.4, -0.2) is 48.9 Å². The van der Waals surface area contributed by atoms with Crippen LogP contribution in [0.1, 0.15) is 76.3 Å². The predicted octanol–water partition coefficient (Wildman–Crippen LogP) is 8.25. The van der Waals surface area contributed by atoms with Crippen LogP contribution in [0, 0.1) is 5.82 Å². The number of carbonyl (C=O) groups is 3. The molecule has 0 spiro atoms. The molecule has 0 fully saturated rings. The predicted molar refractivity (Wildman–Crippen MR) is 185 cm³/mol. The van der Waals surface area contributed by atoms with Crippen molar-refractivity contribution in [2.75, 3.05) is 10.2 Å². The fourth-order valence-electron chi connectivity index (χ4n) is 5.08. The van der Waals surface area contributed by atoms with Gasteiger partial charge < -0.3 is 14.8 Å². The van der Waals surface area contributed by atoms with E-state index in [1.807, 2.05) is 30.3 Å². The van der Waals surface area contributed by atoms with Gasteiger partial charge in [0, 0.05) is 41.0 Å². The average molecular weight is 667 g/mol. The molecule has 0 saturated carbocycles. The number of imide groups is 1. The topological polar surface area (TPSA) is 129 Å². The second kappa shape index (κ2) is 13.5. The van der Waals surface area contributed by atoms with Gasteiger partial charge in [-0.3, -0.25) is 9.48 Å². The zero-order chi connectivity index (χ0) is 35.7. The van der Waals surface area contributed by atoms with Crippen molar-refractivity contribution >= 4 is 40.2 Å². The Hall–Kier alpha value is -5.65. The second-order valence-corrected chi connectivity index (χ2v) is 13.5. The third kappa shape index (κ3) is 8.08. The van der Waals surface area contributed by atoms with Crippen molar-refractivity contribution in [2.24, 2.45) is 7.05 Å². The Kier molecular flexibility index (Phi) is 9.52. The van der Waals surface area contributed by atoms with Crippen LogP contribution in [0.5, 0.6) is 0 Å². The number of aryl methyl sites for hydroxylation is 1. The van der Waals surface area contributed by atoms with Gasteiger partial charge in [-0.1, -0.05) is 30.3 Å². The summed E-state index contributed by atoms with van der Waals surface area (Å²) in [5.41, 5.74) is 0.0671. The highest BCUT2D eigenvalue weighted by atomic mass is 19.1. The maximum absolute atomic E-state index is 15.6. The largest absolute Gasteiger partial charge is 0.443 e. The number of rotatable bonds is 7. The maximum atomic E-state index is 15.6. The van der Waals surface area contributed by atoms with Crippen LogP contribution in [0.4, 0.5) is 25.5 Å². The lowest BCUT2D eigenvalue weighted by Crippen LogP contribution is -2.44. The summed E-state index contributed by atoms with van der Waals surface area (Å²) in [4.78, 5) is 49.0. The molecule has 5 aromatic rings. The molecule has 1 N–H and O–H groups in total. The summed E-state index contributed by atoms with van der Waals surface area (Å²) in [6.07, 6.45) is -0.423. The molecule has 1 unspecified atom stereocenters. The summed E-state index contributed by atoms with van der Waals surface area (Å²) in [6, 6.07) is 19.6. The van der Waals surface area contributed by atoms with Crippen LogP contribution in [0.25, 0.3) is 22.2 Å². The van der Waals surface area contributed by atoms with E-state index < -0.39 is 35.2 Å². The zero-order valence-electron chi connectivity index (χ0n) is 28.7. The number of halogens is 1. The molecular weight excluding hydrogens is 627 g/mol. The Morgan fingerprint density at radius 1 is 0.878 bits per heavy atom. The Balaban J connectivity index is 1.60. The van der Waals surface area contributed by atoms with E-state index in [9.17, 15) is 14.4 Å². The number of anilines is 2. The van der Waals surface area contributed by atoms with Gasteiger partial charge >= 0.3 is 12.2 Å². The number of fused-ring (bicyclic) bond motifs is 1. The van der Waals surface area contributed by atoms with E-state index in [0.29, 0.717) is 33.7 Å². The van der Waals surface area contributed by atoms with Crippen LogP contribution in [-0.2, 0) is 16.5 Å². The lowest BCUT2D eigenvalue weighted by Gasteiger charge is -2.28. The number of carbonyl (C=O) groups excluding carboxylic acids is 3. The minimum Gasteiger partial charge on any atom is -0.443 e. The number of hydrogen-bond acceptors (Lipinski definition) is 9. The van der Waals surface area contributed by atoms with Gasteiger partial charge in [-0.25, -0.2) is 23.9 Å². The van der Waals surface area contributed by atoms with Crippen molar-refractivity contribution in [1.29, 1.82) is 0 Å². The fourth-order valence-corrected chi connectivity index (χ4v) is 5.08. The Morgan fingerprint density at radius 2 is 1.53 bits per heavy atom. The monoisotopic (exact) mass is 666 g/mol. The first-order chi connectivity index (χ1) is 23.0. The smallest absolute Gasteiger partial charge is 0.425 e. The van der Waals surface area contributed by atoms with Gasteiger partial charge in [-0.05, 0) is 96.3 Å². The zero-order valence-corrected chi connectivity index (χ0v) is 28.7. The van der Waals surface area contributed by atoms with Crippen LogP contribution in [0.3, 0.4) is 0 Å². The van der Waals surface area contributed by atoms with E-state index in [-0.39, 0.29) is 17.2 Å². The summed E-state index contributed by atoms with van der Waals surface area (Å²) in [7, 11) is 1.72. The number of aromatic nitrogens is 4. The second-order valence-electron chi connectivity index (χ2n) is 13.5. The number of nitrogens with zero attached hydrogens (tertiary/aromatic N) is 5. The molecule has 1 atom stereocenters. The van der Waals surface area contributed by atoms with Gasteiger partial charge in [-0.2, -0.15) is 10.00 Å². The normalized spacial score (nSPS) is 12.3. The highest BCUT2D eigenvalue weighted by Crippen LogP contribution is 2.34. The van der Waals surface area contributed by atoms with Crippen LogP contribution in [0.2, 0.25) is 0 Å². The summed E-state index contributed by atoms with van der Waals surface area (Å²) < 4.78 is 28.3. The Morgan fingerprint density at radius 3 is 2.14 bits per heavy atom. The highest BCUT2D eigenvalue weighted by Gasteiger charge is 2.35. The quantitative estimate of drug-likeness (QED) is 0.171. The SMILES string of the molecule is CC(=O)c1ccc(F)c(C(Nc2ccc3c(N(C(=O)OC(C)(C)C)C(=O)OC(C)(C)C)nccc3c2)c2nc(-c3ccccc3)nn2C)c1. The van der Waals surface area contributed by atoms with E-state index in [1.165, 1.54) is 31.3 Å². The third-order valence-electron chi connectivity index (χ3n) is 7.22. The van der Waals surface area contributed by atoms with Crippen molar-refractivity contribution in [2.45, 2.75) is 65.7 Å². The van der Waals surface area contributed by atoms with Crippen LogP contribution >= 0.6 is 0 Å². The molecule has 2 heterocycles. The molecule has 0 aliphatic carbocycles. The van der Waals surface area contributed by atoms with Crippen LogP contribution in [0.15, 0.2) is 79.0 Å². The molecule has 0 aliphatic heterocycles. The summed E-state index contributed by atoms with van der Waals surface area (Å²) in [5.74, 6) is 0.115. The third-order valence-corrected chi connectivity index (χ3v) is 7.22. The Labute approximate surface area is 284 Å². The number of hydrogen-bond donors (Lipinski definition) is 1. The van der Waals surface area contributed by atoms with Gasteiger partial charge in [0.25, 0.3) is 0 Å². The summed E-state index contributed by atoms with van der Waals surface area (Å²) in [5, 5.41) is 9.03. The minimum atomic E-state index is -0.943. The Bertz CT molecular complexity index is 2000. The number of ether oxygens (including phenoxy) is 2. The first-order valence-corrected chi connectivity index (χ1v) is 15.7. The van der Waals surface area contributed by atoms with E-state index in [0.717, 1.165) is 10.5 Å². The van der Waals surface area contributed by atoms with E-state index in [1.54, 1.807) is 77.5 Å². The van der Waals surface area contributed by atoms with Crippen molar-refractivity contribution < 1.29 is 28.2 Å². The van der Waals surface area contributed by atoms with E-state index >= 15 is 4.39 Å². The van der Waals surface area contributed by atoms with Crippen LogP contribution < -0.4 is 10.2 Å². The molecule has 49 heavy (non-hydrogen) atoms. The van der Waals surface area contributed by atoms with Gasteiger partial charge in [-0.15, -0.1) is 0 Å².